The van der Waals surface area contributed by atoms with E-state index in [-0.39, 0.29) is 6.09 Å². The maximum Gasteiger partial charge on any atom is 0.415 e. The summed E-state index contributed by atoms with van der Waals surface area (Å²) in [6.45, 7) is 11.0. The highest BCUT2D eigenvalue weighted by molar-refractivity contribution is 7.99. The first-order valence-corrected chi connectivity index (χ1v) is 13.0. The Bertz CT molecular complexity index is 986. The quantitative estimate of drug-likeness (QED) is 0.483. The van der Waals surface area contributed by atoms with Crippen LogP contribution in [0.2, 0.25) is 0 Å². The van der Waals surface area contributed by atoms with Gasteiger partial charge in [-0.25, -0.2) is 4.79 Å². The molecule has 174 valence electrons. The SMILES string of the molecule is C=C1N(CCCC)C(=O)OC12CCN(CCCN1c3ccccc3Sc3ccccc31)CC2. The average molecular weight is 464 g/mol. The molecule has 0 radical (unpaired) electrons. The van der Waals surface area contributed by atoms with E-state index in [0.717, 1.165) is 70.5 Å². The van der Waals surface area contributed by atoms with Crippen molar-refractivity contribution in [1.29, 1.82) is 0 Å². The molecule has 2 fully saturated rings. The van der Waals surface area contributed by atoms with Crippen LogP contribution in [-0.4, -0.2) is 54.2 Å². The van der Waals surface area contributed by atoms with Crippen molar-refractivity contribution in [3.05, 3.63) is 60.8 Å². The number of nitrogens with zero attached hydrogens (tertiary/aromatic N) is 3. The fraction of sp³-hybridized carbons (Fsp3) is 0.444. The fourth-order valence-corrected chi connectivity index (χ4v) is 6.28. The van der Waals surface area contributed by atoms with E-state index in [2.05, 4.69) is 71.8 Å². The zero-order valence-electron chi connectivity index (χ0n) is 19.5. The third-order valence-electron chi connectivity index (χ3n) is 7.14. The number of fused-ring (bicyclic) bond motifs is 2. The molecule has 5 rings (SSSR count). The molecular weight excluding hydrogens is 430 g/mol. The summed E-state index contributed by atoms with van der Waals surface area (Å²) in [4.78, 5) is 21.8. The highest BCUT2D eigenvalue weighted by Crippen LogP contribution is 2.48. The van der Waals surface area contributed by atoms with Crippen LogP contribution in [0.1, 0.15) is 39.0 Å². The third-order valence-corrected chi connectivity index (χ3v) is 8.27. The van der Waals surface area contributed by atoms with Gasteiger partial charge < -0.3 is 14.5 Å². The second kappa shape index (κ2) is 9.43. The maximum absolute atomic E-state index is 12.4. The molecule has 0 aliphatic carbocycles. The first-order chi connectivity index (χ1) is 16.1. The number of rotatable bonds is 7. The summed E-state index contributed by atoms with van der Waals surface area (Å²) >= 11 is 1.86. The van der Waals surface area contributed by atoms with Gasteiger partial charge in [-0.3, -0.25) is 4.90 Å². The lowest BCUT2D eigenvalue weighted by atomic mass is 9.88. The average Bonchev–Trinajstić information content (AvgIpc) is 3.07. The van der Waals surface area contributed by atoms with Gasteiger partial charge in [0, 0.05) is 48.8 Å². The molecule has 2 aromatic carbocycles. The summed E-state index contributed by atoms with van der Waals surface area (Å²) in [6.07, 6.45) is 4.60. The highest BCUT2D eigenvalue weighted by atomic mass is 32.2. The number of hydrogen-bond donors (Lipinski definition) is 0. The van der Waals surface area contributed by atoms with E-state index in [9.17, 15) is 4.79 Å². The van der Waals surface area contributed by atoms with Crippen molar-refractivity contribution in [3.8, 4) is 0 Å². The topological polar surface area (TPSA) is 36.0 Å². The van der Waals surface area contributed by atoms with Crippen LogP contribution in [0.3, 0.4) is 0 Å². The van der Waals surface area contributed by atoms with Crippen molar-refractivity contribution < 1.29 is 9.53 Å². The maximum atomic E-state index is 12.4. The van der Waals surface area contributed by atoms with Crippen LogP contribution in [0.4, 0.5) is 16.2 Å². The van der Waals surface area contributed by atoms with Crippen molar-refractivity contribution in [3.63, 3.8) is 0 Å². The molecule has 3 heterocycles. The Morgan fingerprint density at radius 2 is 1.52 bits per heavy atom. The first kappa shape index (κ1) is 22.4. The second-order valence-electron chi connectivity index (χ2n) is 9.20. The summed E-state index contributed by atoms with van der Waals surface area (Å²) in [5.41, 5.74) is 3.00. The van der Waals surface area contributed by atoms with Gasteiger partial charge in [0.25, 0.3) is 0 Å². The van der Waals surface area contributed by atoms with Gasteiger partial charge >= 0.3 is 6.09 Å². The zero-order valence-corrected chi connectivity index (χ0v) is 20.3. The lowest BCUT2D eigenvalue weighted by Gasteiger charge is -2.39. The van der Waals surface area contributed by atoms with E-state index in [1.165, 1.54) is 21.2 Å². The summed E-state index contributed by atoms with van der Waals surface area (Å²) < 4.78 is 5.89. The van der Waals surface area contributed by atoms with Gasteiger partial charge in [0.2, 0.25) is 0 Å². The molecule has 6 heteroatoms. The number of hydrogen-bond acceptors (Lipinski definition) is 5. The van der Waals surface area contributed by atoms with Crippen LogP contribution >= 0.6 is 11.8 Å². The normalized spacial score (nSPS) is 19.5. The second-order valence-corrected chi connectivity index (χ2v) is 10.3. The number of para-hydroxylation sites is 2. The van der Waals surface area contributed by atoms with Gasteiger partial charge in [-0.1, -0.05) is 56.0 Å². The molecule has 1 amide bonds. The first-order valence-electron chi connectivity index (χ1n) is 12.2. The molecule has 0 N–H and O–H groups in total. The minimum Gasteiger partial charge on any atom is -0.436 e. The van der Waals surface area contributed by atoms with Crippen molar-refractivity contribution in [2.75, 3.05) is 37.6 Å². The van der Waals surface area contributed by atoms with E-state index in [1.54, 1.807) is 4.90 Å². The van der Waals surface area contributed by atoms with E-state index in [0.29, 0.717) is 0 Å². The molecule has 0 atom stereocenters. The Kier molecular flexibility index (Phi) is 6.39. The fourth-order valence-electron chi connectivity index (χ4n) is 5.18. The number of likely N-dealkylation sites (tertiary alicyclic amines) is 1. The molecular formula is C27H33N3O2S. The van der Waals surface area contributed by atoms with Gasteiger partial charge in [0.1, 0.15) is 0 Å². The predicted molar refractivity (Wildman–Crippen MR) is 134 cm³/mol. The van der Waals surface area contributed by atoms with Crippen LogP contribution in [0.25, 0.3) is 0 Å². The number of anilines is 2. The molecule has 0 unspecified atom stereocenters. The number of carbonyl (C=O) groups excluding carboxylic acids is 1. The van der Waals surface area contributed by atoms with Crippen LogP contribution in [0, 0.1) is 0 Å². The van der Waals surface area contributed by atoms with Crippen LogP contribution < -0.4 is 4.90 Å². The molecule has 33 heavy (non-hydrogen) atoms. The molecule has 5 nitrogen and oxygen atoms in total. The number of piperidine rings is 1. The molecule has 1 spiro atoms. The number of carbonyl (C=O) groups is 1. The molecule has 2 saturated heterocycles. The van der Waals surface area contributed by atoms with E-state index >= 15 is 0 Å². The lowest BCUT2D eigenvalue weighted by molar-refractivity contribution is 0.0147. The highest BCUT2D eigenvalue weighted by Gasteiger charge is 2.50. The Balaban J connectivity index is 1.18. The number of unbranched alkanes of at least 4 members (excludes halogenated alkanes) is 1. The van der Waals surface area contributed by atoms with E-state index in [1.807, 2.05) is 11.8 Å². The van der Waals surface area contributed by atoms with Crippen molar-refractivity contribution in [1.82, 2.24) is 9.80 Å². The van der Waals surface area contributed by atoms with Crippen molar-refractivity contribution in [2.45, 2.75) is 54.4 Å². The molecule has 0 aromatic heterocycles. The zero-order chi connectivity index (χ0) is 22.8. The van der Waals surface area contributed by atoms with Gasteiger partial charge in [-0.05, 0) is 43.7 Å². The molecule has 3 aliphatic heterocycles. The number of benzene rings is 2. The summed E-state index contributed by atoms with van der Waals surface area (Å²) in [6, 6.07) is 17.4. The monoisotopic (exact) mass is 463 g/mol. The Hall–Kier alpha value is -2.44. The molecule has 0 saturated carbocycles. The largest absolute Gasteiger partial charge is 0.436 e. The van der Waals surface area contributed by atoms with Crippen LogP contribution in [0.5, 0.6) is 0 Å². The summed E-state index contributed by atoms with van der Waals surface area (Å²) in [5.74, 6) is 0. The summed E-state index contributed by atoms with van der Waals surface area (Å²) in [7, 11) is 0. The molecule has 2 aromatic rings. The smallest absolute Gasteiger partial charge is 0.415 e. The van der Waals surface area contributed by atoms with Gasteiger partial charge in [-0.2, -0.15) is 0 Å². The van der Waals surface area contributed by atoms with Crippen molar-refractivity contribution >= 4 is 29.2 Å². The van der Waals surface area contributed by atoms with Crippen molar-refractivity contribution in [2.24, 2.45) is 0 Å². The minimum atomic E-state index is -0.483. The minimum absolute atomic E-state index is 0.206. The van der Waals surface area contributed by atoms with E-state index in [4.69, 9.17) is 4.74 Å². The molecule has 0 bridgehead atoms. The van der Waals surface area contributed by atoms with Crippen LogP contribution in [0.15, 0.2) is 70.6 Å². The number of ether oxygens (including phenoxy) is 1. The van der Waals surface area contributed by atoms with Gasteiger partial charge in [0.15, 0.2) is 5.60 Å². The third kappa shape index (κ3) is 4.26. The Labute approximate surface area is 201 Å². The van der Waals surface area contributed by atoms with Crippen LogP contribution in [-0.2, 0) is 4.74 Å². The standard InChI is InChI=1S/C27H33N3O2S/c1-3-4-17-29-21(2)27(32-26(29)31)14-19-28(20-15-27)16-9-18-30-22-10-5-7-12-24(22)33-25-13-8-6-11-23(25)30/h5-8,10-13H,2-4,9,14-20H2,1H3. The predicted octanol–water partition coefficient (Wildman–Crippen LogP) is 6.28. The van der Waals surface area contributed by atoms with Gasteiger partial charge in [0.05, 0.1) is 17.1 Å². The van der Waals surface area contributed by atoms with E-state index < -0.39 is 5.60 Å². The van der Waals surface area contributed by atoms with Gasteiger partial charge in [-0.15, -0.1) is 0 Å². The Morgan fingerprint density at radius 1 is 0.909 bits per heavy atom. The summed E-state index contributed by atoms with van der Waals surface area (Å²) in [5, 5.41) is 0. The lowest BCUT2D eigenvalue weighted by Crippen LogP contribution is -2.46. The Morgan fingerprint density at radius 3 is 2.15 bits per heavy atom. The molecule has 3 aliphatic rings. The number of amides is 1.